The van der Waals surface area contributed by atoms with E-state index in [1.54, 1.807) is 6.07 Å². The highest BCUT2D eigenvalue weighted by atomic mass is 16.5. The summed E-state index contributed by atoms with van der Waals surface area (Å²) in [5.41, 5.74) is 2.42. The number of esters is 1. The van der Waals surface area contributed by atoms with Crippen LogP contribution in [0.15, 0.2) is 60.8 Å². The highest BCUT2D eigenvalue weighted by Gasteiger charge is 2.09. The van der Waals surface area contributed by atoms with Crippen molar-refractivity contribution >= 4 is 5.97 Å². The average molecular weight is 380 g/mol. The monoisotopic (exact) mass is 379 g/mol. The van der Waals surface area contributed by atoms with Crippen LogP contribution in [0.5, 0.6) is 5.88 Å². The molecule has 0 spiro atoms. The maximum atomic E-state index is 12.2. The van der Waals surface area contributed by atoms with Gasteiger partial charge in [-0.3, -0.25) is 0 Å². The van der Waals surface area contributed by atoms with E-state index in [1.807, 2.05) is 36.5 Å². The van der Waals surface area contributed by atoms with E-state index < -0.39 is 0 Å². The lowest BCUT2D eigenvalue weighted by Crippen LogP contribution is -2.06. The van der Waals surface area contributed by atoms with Crippen LogP contribution in [-0.2, 0) is 11.2 Å². The molecule has 0 bridgehead atoms. The van der Waals surface area contributed by atoms with Crippen molar-refractivity contribution in [3.8, 4) is 5.88 Å². The van der Waals surface area contributed by atoms with E-state index >= 15 is 0 Å². The Hall–Kier alpha value is -2.42. The maximum Gasteiger partial charge on any atom is 0.337 e. The minimum Gasteiger partial charge on any atom is -0.404 e. The molecule has 0 fully saturated rings. The third kappa shape index (κ3) is 8.08. The van der Waals surface area contributed by atoms with Crippen LogP contribution in [0.1, 0.15) is 75.8 Å². The van der Waals surface area contributed by atoms with Crippen molar-refractivity contribution in [3.05, 3.63) is 71.9 Å². The zero-order chi connectivity index (χ0) is 20.0. The van der Waals surface area contributed by atoms with Crippen LogP contribution in [0.2, 0.25) is 0 Å². The SMILES string of the molecule is CCCCCCc1ccc(OC(=O)C=CC(CCCC)c2ccccc2)nc1. The molecule has 1 aromatic heterocycles. The number of carbonyl (C=O) groups excluding carboxylic acids is 1. The number of rotatable bonds is 12. The summed E-state index contributed by atoms with van der Waals surface area (Å²) in [7, 11) is 0. The fourth-order valence-corrected chi connectivity index (χ4v) is 3.21. The summed E-state index contributed by atoms with van der Waals surface area (Å²) >= 11 is 0. The predicted octanol–water partition coefficient (Wildman–Crippen LogP) is 6.64. The van der Waals surface area contributed by atoms with Crippen LogP contribution in [0.4, 0.5) is 0 Å². The normalized spacial score (nSPS) is 12.2. The van der Waals surface area contributed by atoms with Gasteiger partial charge in [0.2, 0.25) is 5.88 Å². The minimum absolute atomic E-state index is 0.229. The van der Waals surface area contributed by atoms with Gasteiger partial charge in [-0.05, 0) is 30.4 Å². The zero-order valence-electron chi connectivity index (χ0n) is 17.3. The Morgan fingerprint density at radius 2 is 1.79 bits per heavy atom. The Balaban J connectivity index is 1.88. The van der Waals surface area contributed by atoms with E-state index in [0.717, 1.165) is 25.7 Å². The number of carbonyl (C=O) groups is 1. The summed E-state index contributed by atoms with van der Waals surface area (Å²) in [6.07, 6.45) is 14.6. The molecular formula is C25H33NO2. The first-order valence-corrected chi connectivity index (χ1v) is 10.6. The maximum absolute atomic E-state index is 12.2. The average Bonchev–Trinajstić information content (AvgIpc) is 2.73. The Labute approximate surface area is 169 Å². The lowest BCUT2D eigenvalue weighted by atomic mass is 9.93. The van der Waals surface area contributed by atoms with E-state index in [9.17, 15) is 4.79 Å². The van der Waals surface area contributed by atoms with Gasteiger partial charge < -0.3 is 4.74 Å². The van der Waals surface area contributed by atoms with Crippen molar-refractivity contribution in [2.75, 3.05) is 0 Å². The number of unbranched alkanes of at least 4 members (excludes halogenated alkanes) is 4. The van der Waals surface area contributed by atoms with Crippen molar-refractivity contribution in [2.45, 2.75) is 71.1 Å². The van der Waals surface area contributed by atoms with Gasteiger partial charge in [0.05, 0.1) is 0 Å². The largest absolute Gasteiger partial charge is 0.404 e. The summed E-state index contributed by atoms with van der Waals surface area (Å²) in [6, 6.07) is 14.1. The van der Waals surface area contributed by atoms with Crippen LogP contribution in [0.25, 0.3) is 0 Å². The molecule has 3 heteroatoms. The molecule has 2 rings (SSSR count). The summed E-state index contributed by atoms with van der Waals surface area (Å²) < 4.78 is 5.37. The lowest BCUT2D eigenvalue weighted by Gasteiger charge is -2.12. The van der Waals surface area contributed by atoms with Crippen LogP contribution in [0, 0.1) is 0 Å². The smallest absolute Gasteiger partial charge is 0.337 e. The summed E-state index contributed by atoms with van der Waals surface area (Å²) in [5.74, 6) is 0.213. The van der Waals surface area contributed by atoms with Crippen LogP contribution >= 0.6 is 0 Å². The number of hydrogen-bond donors (Lipinski definition) is 0. The van der Waals surface area contributed by atoms with Crippen molar-refractivity contribution in [1.29, 1.82) is 0 Å². The number of pyridine rings is 1. The Kier molecular flexibility index (Phi) is 10.1. The molecule has 0 aliphatic rings. The molecule has 0 radical (unpaired) electrons. The number of aryl methyl sites for hydroxylation is 1. The molecule has 1 aromatic carbocycles. The van der Waals surface area contributed by atoms with E-state index in [0.29, 0.717) is 5.88 Å². The number of nitrogens with zero attached hydrogens (tertiary/aromatic N) is 1. The van der Waals surface area contributed by atoms with E-state index in [4.69, 9.17) is 4.74 Å². The first kappa shape index (κ1) is 21.9. The quantitative estimate of drug-likeness (QED) is 0.236. The third-order valence-electron chi connectivity index (χ3n) is 4.88. The van der Waals surface area contributed by atoms with Gasteiger partial charge in [0.1, 0.15) is 0 Å². The molecule has 0 N–H and O–H groups in total. The first-order chi connectivity index (χ1) is 13.7. The molecule has 2 aromatic rings. The summed E-state index contributed by atoms with van der Waals surface area (Å²) in [4.78, 5) is 16.5. The van der Waals surface area contributed by atoms with Gasteiger partial charge in [-0.25, -0.2) is 9.78 Å². The summed E-state index contributed by atoms with van der Waals surface area (Å²) in [5, 5.41) is 0. The van der Waals surface area contributed by atoms with Gasteiger partial charge in [-0.2, -0.15) is 0 Å². The molecular weight excluding hydrogens is 346 g/mol. The molecule has 0 aliphatic heterocycles. The van der Waals surface area contributed by atoms with Crippen LogP contribution in [-0.4, -0.2) is 11.0 Å². The number of ether oxygens (including phenoxy) is 1. The van der Waals surface area contributed by atoms with E-state index in [2.05, 4.69) is 31.0 Å². The van der Waals surface area contributed by atoms with Crippen LogP contribution in [0.3, 0.4) is 0 Å². The van der Waals surface area contributed by atoms with Gasteiger partial charge in [0, 0.05) is 24.3 Å². The van der Waals surface area contributed by atoms with Crippen molar-refractivity contribution in [1.82, 2.24) is 4.98 Å². The Morgan fingerprint density at radius 1 is 1.00 bits per heavy atom. The van der Waals surface area contributed by atoms with Gasteiger partial charge in [-0.15, -0.1) is 0 Å². The fraction of sp³-hybridized carbons (Fsp3) is 0.440. The van der Waals surface area contributed by atoms with Crippen molar-refractivity contribution in [2.24, 2.45) is 0 Å². The third-order valence-corrected chi connectivity index (χ3v) is 4.88. The topological polar surface area (TPSA) is 39.2 Å². The lowest BCUT2D eigenvalue weighted by molar-refractivity contribution is -0.129. The van der Waals surface area contributed by atoms with Gasteiger partial charge >= 0.3 is 5.97 Å². The van der Waals surface area contributed by atoms with E-state index in [-0.39, 0.29) is 11.9 Å². The predicted molar refractivity (Wildman–Crippen MR) is 116 cm³/mol. The van der Waals surface area contributed by atoms with Crippen LogP contribution < -0.4 is 4.74 Å². The summed E-state index contributed by atoms with van der Waals surface area (Å²) in [6.45, 7) is 4.39. The molecule has 1 heterocycles. The molecule has 3 nitrogen and oxygen atoms in total. The van der Waals surface area contributed by atoms with Gasteiger partial charge in [0.15, 0.2) is 0 Å². The Morgan fingerprint density at radius 3 is 2.46 bits per heavy atom. The molecule has 150 valence electrons. The first-order valence-electron chi connectivity index (χ1n) is 10.6. The second kappa shape index (κ2) is 12.9. The number of hydrogen-bond acceptors (Lipinski definition) is 3. The zero-order valence-corrected chi connectivity index (χ0v) is 17.3. The van der Waals surface area contributed by atoms with Gasteiger partial charge in [-0.1, -0.05) is 88.4 Å². The van der Waals surface area contributed by atoms with Crippen molar-refractivity contribution < 1.29 is 9.53 Å². The minimum atomic E-state index is -0.374. The highest BCUT2D eigenvalue weighted by Crippen LogP contribution is 2.23. The molecule has 1 unspecified atom stereocenters. The number of benzene rings is 1. The van der Waals surface area contributed by atoms with Gasteiger partial charge in [0.25, 0.3) is 0 Å². The fourth-order valence-electron chi connectivity index (χ4n) is 3.21. The molecule has 0 saturated carbocycles. The molecule has 0 aliphatic carbocycles. The second-order valence-corrected chi connectivity index (χ2v) is 7.25. The molecule has 1 atom stereocenters. The number of allylic oxidation sites excluding steroid dienone is 1. The number of aromatic nitrogens is 1. The highest BCUT2D eigenvalue weighted by molar-refractivity contribution is 5.83. The van der Waals surface area contributed by atoms with Crippen molar-refractivity contribution in [3.63, 3.8) is 0 Å². The molecule has 0 amide bonds. The second-order valence-electron chi connectivity index (χ2n) is 7.25. The van der Waals surface area contributed by atoms with E-state index in [1.165, 1.54) is 42.9 Å². The molecule has 0 saturated heterocycles. The Bertz CT molecular complexity index is 707. The standard InChI is InChI=1S/C25H33NO2/c1-3-5-7-9-12-21-16-18-24(26-20-21)28-25(27)19-17-23(13-6-4-2)22-14-10-8-11-15-22/h8,10-11,14-20,23H,3-7,9,12-13H2,1-2H3. The molecule has 28 heavy (non-hydrogen) atoms.